The zero-order valence-corrected chi connectivity index (χ0v) is 12.8. The monoisotopic (exact) mass is 307 g/mol. The molecule has 1 saturated carbocycles. The van der Waals surface area contributed by atoms with Crippen molar-refractivity contribution in [2.45, 2.75) is 58.0 Å². The summed E-state index contributed by atoms with van der Waals surface area (Å²) >= 11 is 0. The number of ether oxygens (including phenoxy) is 1. The maximum absolute atomic E-state index is 12.6. The number of ketones is 1. The number of esters is 1. The fraction of sp³-hybridized carbons (Fsp3) is 0.625. The van der Waals surface area contributed by atoms with E-state index in [0.29, 0.717) is 12.8 Å². The van der Waals surface area contributed by atoms with E-state index in [2.05, 4.69) is 11.9 Å². The molecule has 2 aliphatic rings. The van der Waals surface area contributed by atoms with Gasteiger partial charge in [0, 0.05) is 12.0 Å². The number of hydrogen-bond acceptors (Lipinski definition) is 5. The van der Waals surface area contributed by atoms with Crippen molar-refractivity contribution in [3.05, 3.63) is 12.2 Å². The Hall–Kier alpha value is -1.98. The van der Waals surface area contributed by atoms with E-state index in [0.717, 1.165) is 19.3 Å². The standard InChI is InChI=1S/C16H21NO5/c1-10(2)14(20)22-12-8-6-4-3-5-7-11(18)16(12)9-13(19)17-15(16)21/h12H,1,3-9H2,2H3,(H,17,19,21). The molecule has 2 fully saturated rings. The lowest BCUT2D eigenvalue weighted by atomic mass is 9.73. The maximum Gasteiger partial charge on any atom is 0.333 e. The van der Waals surface area contributed by atoms with E-state index in [9.17, 15) is 19.2 Å². The largest absolute Gasteiger partial charge is 0.457 e. The molecular formula is C16H21NO5. The molecule has 0 aromatic carbocycles. The second kappa shape index (κ2) is 6.42. The Labute approximate surface area is 129 Å². The van der Waals surface area contributed by atoms with Crippen molar-refractivity contribution >= 4 is 23.6 Å². The Morgan fingerprint density at radius 2 is 1.91 bits per heavy atom. The van der Waals surface area contributed by atoms with E-state index in [1.165, 1.54) is 6.92 Å². The van der Waals surface area contributed by atoms with Gasteiger partial charge < -0.3 is 4.74 Å². The van der Waals surface area contributed by atoms with Gasteiger partial charge in [0.25, 0.3) is 0 Å². The van der Waals surface area contributed by atoms with Gasteiger partial charge in [0.15, 0.2) is 11.2 Å². The molecule has 0 radical (unpaired) electrons. The van der Waals surface area contributed by atoms with E-state index in [-0.39, 0.29) is 24.2 Å². The van der Waals surface area contributed by atoms with Crippen molar-refractivity contribution in [2.24, 2.45) is 5.41 Å². The van der Waals surface area contributed by atoms with Crippen LogP contribution in [0, 0.1) is 5.41 Å². The number of carbonyl (C=O) groups excluding carboxylic acids is 4. The summed E-state index contributed by atoms with van der Waals surface area (Å²) in [6.07, 6.45) is 2.69. The van der Waals surface area contributed by atoms with Crippen LogP contribution >= 0.6 is 0 Å². The quantitative estimate of drug-likeness (QED) is 0.361. The Morgan fingerprint density at radius 1 is 1.23 bits per heavy atom. The second-order valence-corrected chi connectivity index (χ2v) is 6.08. The first kappa shape index (κ1) is 16.4. The van der Waals surface area contributed by atoms with E-state index in [1.807, 2.05) is 0 Å². The van der Waals surface area contributed by atoms with Gasteiger partial charge in [-0.15, -0.1) is 0 Å². The fourth-order valence-electron chi connectivity index (χ4n) is 3.11. The molecule has 1 aliphatic carbocycles. The summed E-state index contributed by atoms with van der Waals surface area (Å²) in [5.74, 6) is -2.07. The molecule has 1 aliphatic heterocycles. The summed E-state index contributed by atoms with van der Waals surface area (Å²) in [6, 6.07) is 0. The fourth-order valence-corrected chi connectivity index (χ4v) is 3.11. The topological polar surface area (TPSA) is 89.5 Å². The lowest BCUT2D eigenvalue weighted by molar-refractivity contribution is -0.161. The van der Waals surface area contributed by atoms with Crippen molar-refractivity contribution in [2.75, 3.05) is 0 Å². The van der Waals surface area contributed by atoms with Gasteiger partial charge in [0.2, 0.25) is 11.8 Å². The third-order valence-electron chi connectivity index (χ3n) is 4.36. The number of Topliss-reactive ketones (excluding diaryl/α,β-unsaturated/α-hetero) is 1. The Morgan fingerprint density at radius 3 is 2.50 bits per heavy atom. The van der Waals surface area contributed by atoms with E-state index < -0.39 is 29.3 Å². The smallest absolute Gasteiger partial charge is 0.333 e. The van der Waals surface area contributed by atoms with Crippen molar-refractivity contribution in [3.8, 4) is 0 Å². The minimum atomic E-state index is -1.56. The lowest BCUT2D eigenvalue weighted by Crippen LogP contribution is -2.50. The van der Waals surface area contributed by atoms with Crippen LogP contribution in [0.25, 0.3) is 0 Å². The highest BCUT2D eigenvalue weighted by atomic mass is 16.5. The van der Waals surface area contributed by atoms with Crippen LogP contribution < -0.4 is 5.32 Å². The maximum atomic E-state index is 12.6. The zero-order chi connectivity index (χ0) is 16.3. The molecule has 1 saturated heterocycles. The van der Waals surface area contributed by atoms with Crippen LogP contribution in [0.15, 0.2) is 12.2 Å². The highest BCUT2D eigenvalue weighted by Crippen LogP contribution is 2.40. The molecule has 22 heavy (non-hydrogen) atoms. The van der Waals surface area contributed by atoms with Crippen LogP contribution in [0.2, 0.25) is 0 Å². The van der Waals surface area contributed by atoms with E-state index in [1.54, 1.807) is 0 Å². The number of nitrogens with one attached hydrogen (secondary N) is 1. The molecule has 6 heteroatoms. The van der Waals surface area contributed by atoms with Crippen LogP contribution in [-0.2, 0) is 23.9 Å². The first-order valence-corrected chi connectivity index (χ1v) is 7.62. The van der Waals surface area contributed by atoms with Gasteiger partial charge in [0.1, 0.15) is 6.10 Å². The highest BCUT2D eigenvalue weighted by Gasteiger charge is 2.58. The van der Waals surface area contributed by atoms with Gasteiger partial charge in [-0.1, -0.05) is 19.4 Å². The molecule has 2 atom stereocenters. The summed E-state index contributed by atoms with van der Waals surface area (Å²) in [6.45, 7) is 5.03. The summed E-state index contributed by atoms with van der Waals surface area (Å²) in [4.78, 5) is 48.5. The third kappa shape index (κ3) is 2.96. The Kier molecular flexibility index (Phi) is 4.78. The molecule has 2 rings (SSSR count). The highest BCUT2D eigenvalue weighted by molar-refractivity contribution is 6.18. The molecule has 120 valence electrons. The molecule has 1 spiro atoms. The minimum Gasteiger partial charge on any atom is -0.457 e. The predicted octanol–water partition coefficient (Wildman–Crippen LogP) is 1.43. The lowest BCUT2D eigenvalue weighted by Gasteiger charge is -2.32. The van der Waals surface area contributed by atoms with Gasteiger partial charge in [0.05, 0.1) is 6.42 Å². The zero-order valence-electron chi connectivity index (χ0n) is 12.8. The van der Waals surface area contributed by atoms with Gasteiger partial charge in [-0.2, -0.15) is 0 Å². The minimum absolute atomic E-state index is 0.201. The van der Waals surface area contributed by atoms with E-state index in [4.69, 9.17) is 4.74 Å². The van der Waals surface area contributed by atoms with Crippen LogP contribution in [0.5, 0.6) is 0 Å². The van der Waals surface area contributed by atoms with Crippen molar-refractivity contribution in [1.29, 1.82) is 0 Å². The molecular weight excluding hydrogens is 286 g/mol. The molecule has 0 aromatic rings. The Balaban J connectivity index is 2.39. The van der Waals surface area contributed by atoms with Gasteiger partial charge in [-0.3, -0.25) is 19.7 Å². The van der Waals surface area contributed by atoms with Crippen molar-refractivity contribution in [1.82, 2.24) is 5.32 Å². The number of amides is 2. The molecule has 1 heterocycles. The average molecular weight is 307 g/mol. The van der Waals surface area contributed by atoms with Crippen LogP contribution in [0.1, 0.15) is 51.9 Å². The number of hydrogen-bond donors (Lipinski definition) is 1. The molecule has 0 bridgehead atoms. The molecule has 6 nitrogen and oxygen atoms in total. The predicted molar refractivity (Wildman–Crippen MR) is 77.6 cm³/mol. The van der Waals surface area contributed by atoms with Gasteiger partial charge >= 0.3 is 5.97 Å². The van der Waals surface area contributed by atoms with E-state index >= 15 is 0 Å². The van der Waals surface area contributed by atoms with Crippen molar-refractivity contribution < 1.29 is 23.9 Å². The third-order valence-corrected chi connectivity index (χ3v) is 4.36. The number of imide groups is 1. The van der Waals surface area contributed by atoms with Gasteiger partial charge in [-0.05, 0) is 26.2 Å². The number of rotatable bonds is 2. The molecule has 0 aromatic heterocycles. The summed E-state index contributed by atoms with van der Waals surface area (Å²) in [5, 5.41) is 2.20. The summed E-state index contributed by atoms with van der Waals surface area (Å²) in [7, 11) is 0. The first-order chi connectivity index (χ1) is 10.4. The summed E-state index contributed by atoms with van der Waals surface area (Å²) in [5.41, 5.74) is -1.36. The molecule has 2 unspecified atom stereocenters. The van der Waals surface area contributed by atoms with Crippen LogP contribution in [-0.4, -0.2) is 29.7 Å². The van der Waals surface area contributed by atoms with Crippen LogP contribution in [0.3, 0.4) is 0 Å². The average Bonchev–Trinajstić information content (AvgIpc) is 2.78. The molecule has 1 N–H and O–H groups in total. The Bertz CT molecular complexity index is 539. The van der Waals surface area contributed by atoms with Gasteiger partial charge in [-0.25, -0.2) is 4.79 Å². The van der Waals surface area contributed by atoms with Crippen LogP contribution in [0.4, 0.5) is 0 Å². The second-order valence-electron chi connectivity index (χ2n) is 6.08. The SMILES string of the molecule is C=C(C)C(=O)OC1CCCCCCC(=O)C12CC(=O)NC2=O. The first-order valence-electron chi connectivity index (χ1n) is 7.62. The summed E-state index contributed by atoms with van der Waals surface area (Å²) < 4.78 is 5.40. The molecule has 2 amide bonds. The number of carbonyl (C=O) groups is 4. The van der Waals surface area contributed by atoms with Crippen molar-refractivity contribution in [3.63, 3.8) is 0 Å². The normalized spacial score (nSPS) is 29.5.